The third-order valence-electron chi connectivity index (χ3n) is 4.66. The highest BCUT2D eigenvalue weighted by Gasteiger charge is 2.17. The number of benzene rings is 1. The molecule has 0 spiro atoms. The van der Waals surface area contributed by atoms with Gasteiger partial charge in [0, 0.05) is 24.2 Å². The number of aryl methyl sites for hydroxylation is 4. The minimum Gasteiger partial charge on any atom is -0.460 e. The molecule has 1 amide bonds. The molecule has 0 unspecified atom stereocenters. The number of nitrogens with one attached hydrogen (secondary N) is 1. The first kappa shape index (κ1) is 18.6. The quantitative estimate of drug-likeness (QED) is 0.497. The van der Waals surface area contributed by atoms with E-state index in [1.807, 2.05) is 52.0 Å². The van der Waals surface area contributed by atoms with Crippen molar-refractivity contribution in [1.82, 2.24) is 14.6 Å². The molecule has 0 saturated carbocycles. The van der Waals surface area contributed by atoms with Crippen molar-refractivity contribution in [1.29, 1.82) is 0 Å². The lowest BCUT2D eigenvalue weighted by molar-refractivity contribution is -0.113. The highest BCUT2D eigenvalue weighted by Crippen LogP contribution is 2.30. The summed E-state index contributed by atoms with van der Waals surface area (Å²) >= 11 is 1.38. The van der Waals surface area contributed by atoms with Crippen molar-refractivity contribution in [3.8, 4) is 0 Å². The number of carbonyl (C=O) groups excluding carboxylic acids is 1. The zero-order valence-electron chi connectivity index (χ0n) is 16.4. The van der Waals surface area contributed by atoms with Crippen LogP contribution >= 0.6 is 11.8 Å². The van der Waals surface area contributed by atoms with Gasteiger partial charge in [-0.15, -0.1) is 10.2 Å². The molecule has 7 heteroatoms. The Morgan fingerprint density at radius 3 is 2.71 bits per heavy atom. The van der Waals surface area contributed by atoms with Crippen molar-refractivity contribution in [3.63, 3.8) is 0 Å². The van der Waals surface area contributed by atoms with Crippen LogP contribution in [0.5, 0.6) is 0 Å². The predicted molar refractivity (Wildman–Crippen MR) is 112 cm³/mol. The molecule has 4 rings (SSSR count). The SMILES string of the molecule is CCc1nnc(SCC(=O)Nc2ccc(C)cc2C)c2cc3oc(C)cc3n12. The van der Waals surface area contributed by atoms with Crippen LogP contribution in [-0.4, -0.2) is 26.3 Å². The van der Waals surface area contributed by atoms with Crippen LogP contribution in [0.25, 0.3) is 16.6 Å². The molecule has 3 aromatic heterocycles. The summed E-state index contributed by atoms with van der Waals surface area (Å²) in [6, 6.07) is 9.96. The molecule has 0 aliphatic rings. The van der Waals surface area contributed by atoms with E-state index < -0.39 is 0 Å². The average molecular weight is 395 g/mol. The number of aromatic nitrogens is 3. The molecule has 0 bridgehead atoms. The van der Waals surface area contributed by atoms with E-state index in [9.17, 15) is 4.79 Å². The van der Waals surface area contributed by atoms with Crippen LogP contribution in [0, 0.1) is 20.8 Å². The van der Waals surface area contributed by atoms with E-state index in [1.165, 1.54) is 17.3 Å². The van der Waals surface area contributed by atoms with Gasteiger partial charge in [-0.1, -0.05) is 36.4 Å². The molecule has 4 aromatic rings. The first-order chi connectivity index (χ1) is 13.5. The summed E-state index contributed by atoms with van der Waals surface area (Å²) in [6.45, 7) is 8.01. The maximum absolute atomic E-state index is 12.4. The first-order valence-corrected chi connectivity index (χ1v) is 10.2. The van der Waals surface area contributed by atoms with Gasteiger partial charge in [0.15, 0.2) is 5.58 Å². The Morgan fingerprint density at radius 2 is 1.96 bits per heavy atom. The molecule has 0 fully saturated rings. The van der Waals surface area contributed by atoms with E-state index in [0.717, 1.165) is 50.9 Å². The van der Waals surface area contributed by atoms with Crippen molar-refractivity contribution < 1.29 is 9.21 Å². The lowest BCUT2D eigenvalue weighted by Gasteiger charge is -2.10. The fourth-order valence-corrected chi connectivity index (χ4v) is 4.09. The van der Waals surface area contributed by atoms with Crippen LogP contribution in [0.15, 0.2) is 39.8 Å². The van der Waals surface area contributed by atoms with E-state index in [4.69, 9.17) is 4.42 Å². The van der Waals surface area contributed by atoms with Crippen molar-refractivity contribution in [3.05, 3.63) is 53.0 Å². The second-order valence-electron chi connectivity index (χ2n) is 6.90. The normalized spacial score (nSPS) is 11.4. The Kier molecular flexibility index (Phi) is 4.85. The highest BCUT2D eigenvalue weighted by molar-refractivity contribution is 8.00. The number of furan rings is 1. The van der Waals surface area contributed by atoms with Gasteiger partial charge in [-0.2, -0.15) is 0 Å². The number of nitrogens with zero attached hydrogens (tertiary/aromatic N) is 3. The first-order valence-electron chi connectivity index (χ1n) is 9.23. The summed E-state index contributed by atoms with van der Waals surface area (Å²) in [5.74, 6) is 1.92. The smallest absolute Gasteiger partial charge is 0.234 e. The molecule has 6 nitrogen and oxygen atoms in total. The van der Waals surface area contributed by atoms with Crippen LogP contribution < -0.4 is 5.32 Å². The van der Waals surface area contributed by atoms with Crippen LogP contribution in [0.2, 0.25) is 0 Å². The Morgan fingerprint density at radius 1 is 1.14 bits per heavy atom. The number of amides is 1. The van der Waals surface area contributed by atoms with Crippen LogP contribution in [-0.2, 0) is 11.2 Å². The molecule has 144 valence electrons. The maximum Gasteiger partial charge on any atom is 0.234 e. The molecule has 0 saturated heterocycles. The molecule has 0 aliphatic carbocycles. The lowest BCUT2D eigenvalue weighted by Crippen LogP contribution is -2.15. The molecule has 0 aliphatic heterocycles. The summed E-state index contributed by atoms with van der Waals surface area (Å²) in [4.78, 5) is 12.4. The number of hydrogen-bond acceptors (Lipinski definition) is 5. The van der Waals surface area contributed by atoms with Gasteiger partial charge in [-0.05, 0) is 32.4 Å². The number of carbonyl (C=O) groups is 1. The van der Waals surface area contributed by atoms with E-state index in [0.29, 0.717) is 0 Å². The zero-order valence-corrected chi connectivity index (χ0v) is 17.2. The van der Waals surface area contributed by atoms with Crippen molar-refractivity contribution in [2.45, 2.75) is 39.1 Å². The summed E-state index contributed by atoms with van der Waals surface area (Å²) in [5, 5.41) is 12.4. The molecular weight excluding hydrogens is 372 g/mol. The fraction of sp³-hybridized carbons (Fsp3) is 0.286. The molecule has 1 aromatic carbocycles. The van der Waals surface area contributed by atoms with Crippen molar-refractivity contribution >= 4 is 40.0 Å². The van der Waals surface area contributed by atoms with Gasteiger partial charge in [-0.3, -0.25) is 9.20 Å². The maximum atomic E-state index is 12.4. The van der Waals surface area contributed by atoms with Gasteiger partial charge in [0.25, 0.3) is 0 Å². The number of thioether (sulfide) groups is 1. The Hall–Kier alpha value is -2.80. The summed E-state index contributed by atoms with van der Waals surface area (Å²) < 4.78 is 7.84. The third-order valence-corrected chi connectivity index (χ3v) is 5.63. The second-order valence-corrected chi connectivity index (χ2v) is 7.87. The molecular formula is C21H22N4O2S. The van der Waals surface area contributed by atoms with Gasteiger partial charge < -0.3 is 9.73 Å². The van der Waals surface area contributed by atoms with E-state index in [1.54, 1.807) is 0 Å². The van der Waals surface area contributed by atoms with E-state index >= 15 is 0 Å². The Bertz CT molecular complexity index is 1190. The van der Waals surface area contributed by atoms with Crippen molar-refractivity contribution in [2.75, 3.05) is 11.1 Å². The summed E-state index contributed by atoms with van der Waals surface area (Å²) in [7, 11) is 0. The minimum absolute atomic E-state index is 0.0671. The average Bonchev–Trinajstić information content (AvgIpc) is 3.18. The number of rotatable bonds is 5. The van der Waals surface area contributed by atoms with E-state index in [-0.39, 0.29) is 11.7 Å². The largest absolute Gasteiger partial charge is 0.460 e. The van der Waals surface area contributed by atoms with Crippen LogP contribution in [0.3, 0.4) is 0 Å². The van der Waals surface area contributed by atoms with Gasteiger partial charge >= 0.3 is 0 Å². The summed E-state index contributed by atoms with van der Waals surface area (Å²) in [5.41, 5.74) is 5.78. The van der Waals surface area contributed by atoms with Gasteiger partial charge in [0.2, 0.25) is 5.91 Å². The minimum atomic E-state index is -0.0671. The number of fused-ring (bicyclic) bond motifs is 3. The van der Waals surface area contributed by atoms with Gasteiger partial charge in [-0.25, -0.2) is 0 Å². The second kappa shape index (κ2) is 7.31. The third kappa shape index (κ3) is 3.38. The van der Waals surface area contributed by atoms with Crippen LogP contribution in [0.4, 0.5) is 5.69 Å². The fourth-order valence-electron chi connectivity index (χ4n) is 3.36. The summed E-state index contributed by atoms with van der Waals surface area (Å²) in [6.07, 6.45) is 0.760. The molecule has 0 radical (unpaired) electrons. The Balaban J connectivity index is 1.58. The monoisotopic (exact) mass is 394 g/mol. The predicted octanol–water partition coefficient (Wildman–Crippen LogP) is 4.69. The van der Waals surface area contributed by atoms with Gasteiger partial charge in [0.05, 0.1) is 16.8 Å². The van der Waals surface area contributed by atoms with Crippen molar-refractivity contribution in [2.24, 2.45) is 0 Å². The zero-order chi connectivity index (χ0) is 19.8. The Labute approximate surface area is 167 Å². The molecule has 3 heterocycles. The standard InChI is InChI=1S/C21H22N4O2S/c1-5-19-23-24-21(17-10-18-16(25(17)19)9-14(4)27-18)28-11-20(26)22-15-7-6-12(2)8-13(15)3/h6-10H,5,11H2,1-4H3,(H,22,26). The molecule has 1 N–H and O–H groups in total. The highest BCUT2D eigenvalue weighted by atomic mass is 32.2. The molecule has 28 heavy (non-hydrogen) atoms. The topological polar surface area (TPSA) is 72.4 Å². The van der Waals surface area contributed by atoms with Gasteiger partial charge in [0.1, 0.15) is 16.6 Å². The van der Waals surface area contributed by atoms with E-state index in [2.05, 4.69) is 26.0 Å². The number of anilines is 1. The lowest BCUT2D eigenvalue weighted by atomic mass is 10.1. The molecule has 0 atom stereocenters. The van der Waals surface area contributed by atoms with Crippen LogP contribution in [0.1, 0.15) is 29.6 Å². The number of hydrogen-bond donors (Lipinski definition) is 1.